The van der Waals surface area contributed by atoms with Gasteiger partial charge in [-0.3, -0.25) is 19.5 Å². The number of fused-ring (bicyclic) bond motifs is 1. The molecule has 1 N–H and O–H groups in total. The highest BCUT2D eigenvalue weighted by Gasteiger charge is 2.25. The number of H-pyrrole nitrogens is 1. The molecule has 0 saturated carbocycles. The van der Waals surface area contributed by atoms with Crippen LogP contribution in [0.5, 0.6) is 5.75 Å². The van der Waals surface area contributed by atoms with Crippen molar-refractivity contribution in [3.8, 4) is 5.75 Å². The molecule has 0 spiro atoms. The standard InChI is InChI=1S/C19H13N3O4S/c1-26-12-8-6-11(7-9-12)10-15-17(24)20-19(27-15)22-18(25)14-5-3-2-4-13(14)16(23)21-22/h2-10H,1H3,(H,21,23)/b15-10+. The second-order valence-corrected chi connectivity index (χ2v) is 6.72. The first-order chi connectivity index (χ1) is 13.1. The van der Waals surface area contributed by atoms with Gasteiger partial charge in [-0.15, -0.1) is 0 Å². The van der Waals surface area contributed by atoms with Crippen molar-refractivity contribution in [2.75, 3.05) is 7.11 Å². The molecule has 2 aromatic carbocycles. The number of hydrogen-bond donors (Lipinski definition) is 1. The fourth-order valence-corrected chi connectivity index (χ4v) is 3.55. The first kappa shape index (κ1) is 17.0. The fraction of sp³-hybridized carbons (Fsp3) is 0.0526. The molecule has 134 valence electrons. The van der Waals surface area contributed by atoms with Gasteiger partial charge in [0.15, 0.2) is 5.17 Å². The van der Waals surface area contributed by atoms with Gasteiger partial charge in [-0.1, -0.05) is 24.3 Å². The lowest BCUT2D eigenvalue weighted by molar-refractivity contribution is -0.113. The number of hydrogen-bond acceptors (Lipinski definition) is 5. The monoisotopic (exact) mass is 379 g/mol. The molecule has 4 rings (SSSR count). The summed E-state index contributed by atoms with van der Waals surface area (Å²) in [5.74, 6) is 0.242. The van der Waals surface area contributed by atoms with Crippen LogP contribution in [0, 0.1) is 0 Å². The van der Waals surface area contributed by atoms with Crippen LogP contribution in [0.15, 0.2) is 68.0 Å². The highest BCUT2D eigenvalue weighted by molar-refractivity contribution is 8.18. The number of methoxy groups -OCH3 is 1. The van der Waals surface area contributed by atoms with E-state index in [0.717, 1.165) is 22.0 Å². The van der Waals surface area contributed by atoms with E-state index in [2.05, 4.69) is 10.1 Å². The first-order valence-electron chi connectivity index (χ1n) is 7.98. The Balaban J connectivity index is 1.72. The number of benzene rings is 2. The summed E-state index contributed by atoms with van der Waals surface area (Å²) in [6.07, 6.45) is 1.67. The third-order valence-electron chi connectivity index (χ3n) is 4.03. The first-order valence-corrected chi connectivity index (χ1v) is 8.79. The number of rotatable bonds is 2. The highest BCUT2D eigenvalue weighted by Crippen LogP contribution is 2.29. The maximum absolute atomic E-state index is 12.7. The summed E-state index contributed by atoms with van der Waals surface area (Å²) < 4.78 is 6.12. The molecule has 0 radical (unpaired) electrons. The maximum Gasteiger partial charge on any atom is 0.286 e. The van der Waals surface area contributed by atoms with Crippen LogP contribution in [0.2, 0.25) is 0 Å². The van der Waals surface area contributed by atoms with Crippen molar-refractivity contribution in [3.05, 3.63) is 79.7 Å². The van der Waals surface area contributed by atoms with Gasteiger partial charge in [-0.2, -0.15) is 9.67 Å². The third-order valence-corrected chi connectivity index (χ3v) is 5.00. The van der Waals surface area contributed by atoms with Crippen molar-refractivity contribution in [1.29, 1.82) is 0 Å². The highest BCUT2D eigenvalue weighted by atomic mass is 32.2. The summed E-state index contributed by atoms with van der Waals surface area (Å²) in [7, 11) is 1.58. The zero-order valence-electron chi connectivity index (χ0n) is 14.1. The molecule has 0 fully saturated rings. The molecular formula is C19H13N3O4S. The van der Waals surface area contributed by atoms with Crippen LogP contribution in [-0.2, 0) is 4.79 Å². The molecule has 1 aliphatic rings. The minimum absolute atomic E-state index is 0.118. The van der Waals surface area contributed by atoms with Crippen LogP contribution < -0.4 is 15.9 Å². The average Bonchev–Trinajstić information content (AvgIpc) is 3.05. The molecule has 1 amide bonds. The lowest BCUT2D eigenvalue weighted by atomic mass is 10.2. The van der Waals surface area contributed by atoms with E-state index in [0.29, 0.717) is 16.0 Å². The topological polar surface area (TPSA) is 93.5 Å². The van der Waals surface area contributed by atoms with E-state index in [1.54, 1.807) is 49.6 Å². The molecule has 0 saturated heterocycles. The van der Waals surface area contributed by atoms with E-state index >= 15 is 0 Å². The number of aromatic nitrogens is 2. The molecule has 2 heterocycles. The number of aliphatic imine (C=N–C) groups is 1. The summed E-state index contributed by atoms with van der Waals surface area (Å²) in [4.78, 5) is 41.4. The summed E-state index contributed by atoms with van der Waals surface area (Å²) in [5, 5.41) is 3.16. The second-order valence-electron chi connectivity index (χ2n) is 5.71. The molecule has 0 unspecified atom stereocenters. The zero-order valence-corrected chi connectivity index (χ0v) is 14.9. The van der Waals surface area contributed by atoms with Crippen LogP contribution in [0.4, 0.5) is 0 Å². The summed E-state index contributed by atoms with van der Waals surface area (Å²) in [6, 6.07) is 13.7. The molecular weight excluding hydrogens is 366 g/mol. The fourth-order valence-electron chi connectivity index (χ4n) is 2.68. The molecule has 1 aromatic heterocycles. The minimum atomic E-state index is -0.466. The number of carbonyl (C=O) groups is 1. The molecule has 0 bridgehead atoms. The molecule has 3 aromatic rings. The van der Waals surface area contributed by atoms with Gasteiger partial charge in [0.1, 0.15) is 5.75 Å². The molecule has 0 aliphatic carbocycles. The number of carbonyl (C=O) groups excluding carboxylic acids is 1. The third kappa shape index (κ3) is 3.11. The van der Waals surface area contributed by atoms with Gasteiger partial charge < -0.3 is 4.74 Å². The average molecular weight is 379 g/mol. The molecule has 0 atom stereocenters. The van der Waals surface area contributed by atoms with E-state index in [1.165, 1.54) is 0 Å². The van der Waals surface area contributed by atoms with Crippen LogP contribution in [0.3, 0.4) is 0 Å². The number of amides is 1. The second kappa shape index (κ2) is 6.73. The van der Waals surface area contributed by atoms with Crippen LogP contribution in [0.1, 0.15) is 5.56 Å². The van der Waals surface area contributed by atoms with Gasteiger partial charge in [0.25, 0.3) is 17.0 Å². The smallest absolute Gasteiger partial charge is 0.286 e. The minimum Gasteiger partial charge on any atom is -0.497 e. The van der Waals surface area contributed by atoms with Gasteiger partial charge in [0.2, 0.25) is 0 Å². The normalized spacial score (nSPS) is 15.4. The Morgan fingerprint density at radius 1 is 1.04 bits per heavy atom. The molecule has 1 aliphatic heterocycles. The number of aromatic amines is 1. The van der Waals surface area contributed by atoms with Crippen LogP contribution in [0.25, 0.3) is 16.8 Å². The number of ether oxygens (including phenoxy) is 1. The summed E-state index contributed by atoms with van der Waals surface area (Å²) in [5.41, 5.74) is -0.0640. The van der Waals surface area contributed by atoms with Crippen molar-refractivity contribution < 1.29 is 9.53 Å². The number of nitrogens with one attached hydrogen (secondary N) is 1. The Kier molecular flexibility index (Phi) is 4.25. The van der Waals surface area contributed by atoms with Gasteiger partial charge in [0.05, 0.1) is 22.8 Å². The van der Waals surface area contributed by atoms with Crippen molar-refractivity contribution in [3.63, 3.8) is 0 Å². The zero-order chi connectivity index (χ0) is 19.0. The quantitative estimate of drug-likeness (QED) is 0.689. The van der Waals surface area contributed by atoms with E-state index < -0.39 is 17.0 Å². The Labute approximate surface area is 157 Å². The van der Waals surface area contributed by atoms with Gasteiger partial charge in [0, 0.05) is 0 Å². The number of nitrogens with zero attached hydrogens (tertiary/aromatic N) is 2. The molecule has 7 nitrogen and oxygen atoms in total. The molecule has 27 heavy (non-hydrogen) atoms. The van der Waals surface area contributed by atoms with Gasteiger partial charge >= 0.3 is 0 Å². The van der Waals surface area contributed by atoms with E-state index in [9.17, 15) is 14.4 Å². The maximum atomic E-state index is 12.7. The van der Waals surface area contributed by atoms with Gasteiger partial charge in [-0.25, -0.2) is 0 Å². The van der Waals surface area contributed by atoms with Crippen LogP contribution in [-0.4, -0.2) is 28.0 Å². The van der Waals surface area contributed by atoms with E-state index in [1.807, 2.05) is 12.1 Å². The predicted octanol–water partition coefficient (Wildman–Crippen LogP) is 2.22. The summed E-state index contributed by atoms with van der Waals surface area (Å²) in [6.45, 7) is 0. The van der Waals surface area contributed by atoms with Crippen molar-refractivity contribution >= 4 is 39.7 Å². The summed E-state index contributed by atoms with van der Waals surface area (Å²) >= 11 is 1.03. The molecule has 8 heteroatoms. The van der Waals surface area contributed by atoms with E-state index in [-0.39, 0.29) is 10.6 Å². The van der Waals surface area contributed by atoms with Gasteiger partial charge in [-0.05, 0) is 47.7 Å². The van der Waals surface area contributed by atoms with Crippen LogP contribution >= 0.6 is 11.8 Å². The van der Waals surface area contributed by atoms with E-state index in [4.69, 9.17) is 4.74 Å². The Bertz CT molecular complexity index is 1240. The SMILES string of the molecule is COc1ccc(/C=C2/SC(n3[nH]c(=O)c4ccccc4c3=O)=NC2=O)cc1. The van der Waals surface area contributed by atoms with Crippen molar-refractivity contribution in [2.45, 2.75) is 0 Å². The Morgan fingerprint density at radius 2 is 1.74 bits per heavy atom. The Hall–Kier alpha value is -3.39. The Morgan fingerprint density at radius 3 is 2.44 bits per heavy atom. The van der Waals surface area contributed by atoms with Crippen molar-refractivity contribution in [2.24, 2.45) is 4.99 Å². The van der Waals surface area contributed by atoms with Crippen molar-refractivity contribution in [1.82, 2.24) is 9.78 Å². The largest absolute Gasteiger partial charge is 0.497 e. The lowest BCUT2D eigenvalue weighted by Gasteiger charge is -2.05. The number of thioether (sulfide) groups is 1. The predicted molar refractivity (Wildman–Crippen MR) is 105 cm³/mol. The lowest BCUT2D eigenvalue weighted by Crippen LogP contribution is -2.33.